The molecule has 0 saturated carbocycles. The highest BCUT2D eigenvalue weighted by atomic mass is 31.2. The summed E-state index contributed by atoms with van der Waals surface area (Å²) in [5.74, 6) is 0.858. The highest BCUT2D eigenvalue weighted by Crippen LogP contribution is 2.48. The van der Waals surface area contributed by atoms with Crippen LogP contribution in [0.2, 0.25) is 0 Å². The fourth-order valence-electron chi connectivity index (χ4n) is 3.83. The van der Waals surface area contributed by atoms with Gasteiger partial charge in [0.1, 0.15) is 0 Å². The van der Waals surface area contributed by atoms with Crippen LogP contribution in [-0.2, 0) is 9.09 Å². The molecule has 0 radical (unpaired) electrons. The SMILES string of the molecule is COc1cc(C(=O)NC=C(OP(=O)(c2ccccc2)c2ccccc2)c2ccccc2)cc(OC)c1OC. The monoisotopic (exact) mass is 529 g/mol. The molecule has 7 nitrogen and oxygen atoms in total. The summed E-state index contributed by atoms with van der Waals surface area (Å²) in [7, 11) is 0.855. The van der Waals surface area contributed by atoms with Crippen LogP contribution in [0.4, 0.5) is 0 Å². The molecule has 0 atom stereocenters. The van der Waals surface area contributed by atoms with Crippen LogP contribution in [0.15, 0.2) is 109 Å². The molecule has 0 unspecified atom stereocenters. The molecule has 0 aliphatic rings. The van der Waals surface area contributed by atoms with Gasteiger partial charge in [-0.25, -0.2) is 0 Å². The average Bonchev–Trinajstić information content (AvgIpc) is 2.99. The maximum absolute atomic E-state index is 14.5. The van der Waals surface area contributed by atoms with Crippen LogP contribution < -0.4 is 30.1 Å². The average molecular weight is 530 g/mol. The van der Waals surface area contributed by atoms with Crippen LogP contribution in [0.5, 0.6) is 17.2 Å². The van der Waals surface area contributed by atoms with Crippen molar-refractivity contribution in [2.45, 2.75) is 0 Å². The van der Waals surface area contributed by atoms with Crippen molar-refractivity contribution >= 4 is 29.6 Å². The summed E-state index contributed by atoms with van der Waals surface area (Å²) in [5.41, 5.74) is 0.919. The van der Waals surface area contributed by atoms with Gasteiger partial charge in [-0.15, -0.1) is 0 Å². The second kappa shape index (κ2) is 12.2. The van der Waals surface area contributed by atoms with Crippen molar-refractivity contribution in [3.63, 3.8) is 0 Å². The van der Waals surface area contributed by atoms with Crippen LogP contribution in [-0.4, -0.2) is 27.2 Å². The fourth-order valence-corrected chi connectivity index (χ4v) is 5.91. The predicted molar refractivity (Wildman–Crippen MR) is 149 cm³/mol. The number of hydrogen-bond acceptors (Lipinski definition) is 6. The second-order valence-electron chi connectivity index (χ2n) is 8.08. The molecule has 0 bridgehead atoms. The first-order valence-corrected chi connectivity index (χ1v) is 13.4. The predicted octanol–water partition coefficient (Wildman–Crippen LogP) is 5.39. The minimum absolute atomic E-state index is 0.238. The summed E-state index contributed by atoms with van der Waals surface area (Å²) in [6.07, 6.45) is 1.42. The van der Waals surface area contributed by atoms with Crippen molar-refractivity contribution in [3.05, 3.63) is 120 Å². The summed E-state index contributed by atoms with van der Waals surface area (Å²) in [6, 6.07) is 30.3. The third kappa shape index (κ3) is 5.74. The zero-order valence-corrected chi connectivity index (χ0v) is 22.2. The quantitative estimate of drug-likeness (QED) is 0.219. The van der Waals surface area contributed by atoms with E-state index in [0.29, 0.717) is 33.4 Å². The van der Waals surface area contributed by atoms with Crippen molar-refractivity contribution < 1.29 is 28.1 Å². The van der Waals surface area contributed by atoms with Gasteiger partial charge < -0.3 is 24.1 Å². The zero-order chi connectivity index (χ0) is 27.0. The Hall–Kier alpha value is -4.48. The molecular formula is C30H28NO6P. The molecule has 0 aliphatic heterocycles. The molecule has 0 heterocycles. The summed E-state index contributed by atoms with van der Waals surface area (Å²) in [6.45, 7) is 0. The van der Waals surface area contributed by atoms with E-state index in [2.05, 4.69) is 5.32 Å². The van der Waals surface area contributed by atoms with Crippen molar-refractivity contribution in [1.82, 2.24) is 5.32 Å². The number of carbonyl (C=O) groups is 1. The zero-order valence-electron chi connectivity index (χ0n) is 21.3. The van der Waals surface area contributed by atoms with Crippen molar-refractivity contribution in [1.29, 1.82) is 0 Å². The van der Waals surface area contributed by atoms with Gasteiger partial charge in [-0.1, -0.05) is 66.7 Å². The second-order valence-corrected chi connectivity index (χ2v) is 10.4. The largest absolute Gasteiger partial charge is 0.493 e. The van der Waals surface area contributed by atoms with Gasteiger partial charge >= 0.3 is 7.37 Å². The van der Waals surface area contributed by atoms with E-state index >= 15 is 0 Å². The first-order chi connectivity index (χ1) is 18.5. The first-order valence-electron chi connectivity index (χ1n) is 11.8. The molecule has 1 N–H and O–H groups in total. The highest BCUT2D eigenvalue weighted by Gasteiger charge is 2.31. The molecule has 0 saturated heterocycles. The highest BCUT2D eigenvalue weighted by molar-refractivity contribution is 7.74. The summed E-state index contributed by atoms with van der Waals surface area (Å²) in [5, 5.41) is 3.83. The van der Waals surface area contributed by atoms with Gasteiger partial charge in [0.15, 0.2) is 17.3 Å². The number of hydrogen-bond donors (Lipinski definition) is 1. The topological polar surface area (TPSA) is 83.1 Å². The molecular weight excluding hydrogens is 501 g/mol. The Bertz CT molecular complexity index is 1390. The summed E-state index contributed by atoms with van der Waals surface area (Å²) in [4.78, 5) is 13.2. The molecule has 0 aliphatic carbocycles. The standard InChI is InChI=1S/C30H28NO6P/c1-34-26-19-23(20-27(35-2)29(26)36-3)30(32)31-21-28(22-13-7-4-8-14-22)37-38(33,24-15-9-5-10-16-24)25-17-11-6-12-18-25/h4-21H,1-3H3,(H,31,32). The van der Waals surface area contributed by atoms with Crippen molar-refractivity contribution in [2.75, 3.05) is 21.3 Å². The Kier molecular flexibility index (Phi) is 8.51. The number of ether oxygens (including phenoxy) is 3. The molecule has 4 rings (SSSR count). The van der Waals surface area contributed by atoms with Crippen LogP contribution in [0.1, 0.15) is 15.9 Å². The van der Waals surface area contributed by atoms with E-state index in [1.54, 1.807) is 36.4 Å². The van der Waals surface area contributed by atoms with Crippen molar-refractivity contribution in [3.8, 4) is 17.2 Å². The van der Waals surface area contributed by atoms with E-state index < -0.39 is 13.3 Å². The fraction of sp³-hybridized carbons (Fsp3) is 0.100. The molecule has 38 heavy (non-hydrogen) atoms. The van der Waals surface area contributed by atoms with Crippen LogP contribution in [0, 0.1) is 0 Å². The number of methoxy groups -OCH3 is 3. The Morgan fingerprint density at radius 2 is 1.16 bits per heavy atom. The lowest BCUT2D eigenvalue weighted by atomic mass is 10.1. The van der Waals surface area contributed by atoms with Crippen LogP contribution >= 0.6 is 7.37 Å². The molecule has 194 valence electrons. The Balaban J connectivity index is 1.74. The molecule has 0 aromatic heterocycles. The number of carbonyl (C=O) groups excluding carboxylic acids is 1. The van der Waals surface area contributed by atoms with Gasteiger partial charge in [-0.05, 0) is 36.4 Å². The number of rotatable bonds is 10. The van der Waals surface area contributed by atoms with E-state index in [-0.39, 0.29) is 11.3 Å². The molecule has 8 heteroatoms. The third-order valence-electron chi connectivity index (χ3n) is 5.74. The number of benzene rings is 4. The number of nitrogens with one attached hydrogen (secondary N) is 1. The maximum atomic E-state index is 14.5. The molecule has 0 fully saturated rings. The van der Waals surface area contributed by atoms with E-state index in [1.165, 1.54) is 27.5 Å². The Morgan fingerprint density at radius 3 is 1.61 bits per heavy atom. The van der Waals surface area contributed by atoms with Gasteiger partial charge in [0.05, 0.1) is 31.9 Å². The van der Waals surface area contributed by atoms with E-state index in [9.17, 15) is 9.36 Å². The molecule has 4 aromatic rings. The summed E-state index contributed by atoms with van der Waals surface area (Å²) < 4.78 is 36.9. The minimum atomic E-state index is -3.59. The van der Waals surface area contributed by atoms with Gasteiger partial charge in [0.25, 0.3) is 5.91 Å². The lowest BCUT2D eigenvalue weighted by molar-refractivity contribution is 0.0969. The molecule has 1 amide bonds. The lowest BCUT2D eigenvalue weighted by Crippen LogP contribution is -2.20. The van der Waals surface area contributed by atoms with Gasteiger partial charge in [0, 0.05) is 17.3 Å². The van der Waals surface area contributed by atoms with Gasteiger partial charge in [0.2, 0.25) is 5.75 Å². The smallest absolute Gasteiger partial charge is 0.306 e. The van der Waals surface area contributed by atoms with Crippen LogP contribution in [0.25, 0.3) is 5.76 Å². The molecule has 4 aromatic carbocycles. The molecule has 0 spiro atoms. The third-order valence-corrected chi connectivity index (χ3v) is 8.15. The summed E-state index contributed by atoms with van der Waals surface area (Å²) >= 11 is 0. The Morgan fingerprint density at radius 1 is 0.684 bits per heavy atom. The normalized spacial score (nSPS) is 11.4. The van der Waals surface area contributed by atoms with Crippen molar-refractivity contribution in [2.24, 2.45) is 0 Å². The first kappa shape index (κ1) is 26.6. The van der Waals surface area contributed by atoms with Gasteiger partial charge in [-0.2, -0.15) is 0 Å². The lowest BCUT2D eigenvalue weighted by Gasteiger charge is -2.22. The minimum Gasteiger partial charge on any atom is -0.493 e. The van der Waals surface area contributed by atoms with Crippen LogP contribution in [0.3, 0.4) is 0 Å². The van der Waals surface area contributed by atoms with E-state index in [0.717, 1.165) is 0 Å². The van der Waals surface area contributed by atoms with Gasteiger partial charge in [-0.3, -0.25) is 9.36 Å². The van der Waals surface area contributed by atoms with E-state index in [1.807, 2.05) is 66.7 Å². The van der Waals surface area contributed by atoms with E-state index in [4.69, 9.17) is 18.7 Å². The Labute approximate surface area is 222 Å². The number of amides is 1. The maximum Gasteiger partial charge on any atom is 0.306 e.